The minimum atomic E-state index is -0.717. The Hall–Kier alpha value is -10.9. The summed E-state index contributed by atoms with van der Waals surface area (Å²) in [6, 6.07) is 59.8. The zero-order valence-corrected chi connectivity index (χ0v) is 50.9. The van der Waals surface area contributed by atoms with Gasteiger partial charge in [0.2, 0.25) is 0 Å². The molecule has 0 saturated carbocycles. The van der Waals surface area contributed by atoms with Gasteiger partial charge in [0, 0.05) is 77.9 Å². The van der Waals surface area contributed by atoms with E-state index in [1.165, 1.54) is 0 Å². The second kappa shape index (κ2) is 20.9. The highest BCUT2D eigenvalue weighted by molar-refractivity contribution is 7.00. The van der Waals surface area contributed by atoms with Crippen LogP contribution in [0.4, 0.5) is 34.1 Å². The predicted molar refractivity (Wildman–Crippen MR) is 388 cm³/mol. The summed E-state index contributed by atoms with van der Waals surface area (Å²) in [7, 11) is 0. The second-order valence-electron chi connectivity index (χ2n) is 25.7. The van der Waals surface area contributed by atoms with Crippen molar-refractivity contribution in [2.75, 3.05) is 9.80 Å². The van der Waals surface area contributed by atoms with Crippen LogP contribution in [0.15, 0.2) is 297 Å². The molecule has 2 aliphatic rings. The predicted octanol–water partition coefficient (Wildman–Crippen LogP) is 21.2. The van der Waals surface area contributed by atoms with Gasteiger partial charge >= 0.3 is 0 Å². The van der Waals surface area contributed by atoms with Gasteiger partial charge in [-0.2, -0.15) is 0 Å². The number of hydrogen-bond donors (Lipinski definition) is 0. The van der Waals surface area contributed by atoms with Crippen LogP contribution in [-0.2, 0) is 10.8 Å². The van der Waals surface area contributed by atoms with E-state index < -0.39 is 103 Å². The van der Waals surface area contributed by atoms with E-state index in [0.717, 1.165) is 94.8 Å². The van der Waals surface area contributed by atoms with Crippen LogP contribution >= 0.6 is 0 Å². The van der Waals surface area contributed by atoms with E-state index in [1.807, 2.05) is 115 Å². The lowest BCUT2D eigenvalue weighted by molar-refractivity contribution is 0.590. The molecule has 0 unspecified atom stereocenters. The lowest BCUT2D eigenvalue weighted by Gasteiger charge is -2.46. The maximum Gasteiger partial charge on any atom is 0.252 e. The number of aromatic nitrogens is 2. The first kappa shape index (κ1) is 39.9. The Kier molecular flexibility index (Phi) is 9.15. The van der Waals surface area contributed by atoms with Crippen LogP contribution < -0.4 is 26.2 Å². The lowest BCUT2D eigenvalue weighted by Crippen LogP contribution is -2.61. The van der Waals surface area contributed by atoms with Gasteiger partial charge in [-0.05, 0) is 145 Å². The summed E-state index contributed by atoms with van der Waals surface area (Å²) >= 11 is 0. The van der Waals surface area contributed by atoms with E-state index in [0.29, 0.717) is 22.7 Å². The molecule has 0 bridgehead atoms. The van der Waals surface area contributed by atoms with E-state index in [-0.39, 0.29) is 54.4 Å². The van der Waals surface area contributed by atoms with Gasteiger partial charge in [0.25, 0.3) is 6.71 Å². The third-order valence-corrected chi connectivity index (χ3v) is 18.3. The van der Waals surface area contributed by atoms with Gasteiger partial charge in [-0.25, -0.2) is 0 Å². The summed E-state index contributed by atoms with van der Waals surface area (Å²) in [6.07, 6.45) is 0. The van der Waals surface area contributed by atoms with E-state index >= 15 is 0 Å². The van der Waals surface area contributed by atoms with Crippen LogP contribution in [0.5, 0.6) is 0 Å². The molecular formula is C86H67BN4. The number of nitrogens with zero attached hydrogens (tertiary/aromatic N) is 4. The average molecular weight is 1180 g/mol. The minimum absolute atomic E-state index is 0.0423. The molecule has 4 heterocycles. The molecule has 2 aromatic heterocycles. The molecule has 0 fully saturated rings. The molecule has 0 atom stereocenters. The van der Waals surface area contributed by atoms with Gasteiger partial charge < -0.3 is 18.9 Å². The van der Waals surface area contributed by atoms with Crippen molar-refractivity contribution in [2.24, 2.45) is 0 Å². The van der Waals surface area contributed by atoms with E-state index in [1.54, 1.807) is 9.13 Å². The van der Waals surface area contributed by atoms with Crippen molar-refractivity contribution in [1.82, 2.24) is 9.13 Å². The normalized spacial score (nSPS) is 15.3. The highest BCUT2D eigenvalue weighted by atomic mass is 15.2. The molecule has 0 N–H and O–H groups in total. The molecule has 91 heavy (non-hydrogen) atoms. The van der Waals surface area contributed by atoms with Crippen molar-refractivity contribution in [2.45, 2.75) is 52.4 Å². The Morgan fingerprint density at radius 2 is 0.604 bits per heavy atom. The highest BCUT2D eigenvalue weighted by Gasteiger charge is 2.46. The molecule has 15 aromatic rings. The van der Waals surface area contributed by atoms with Crippen molar-refractivity contribution in [3.8, 4) is 55.9 Å². The zero-order chi connectivity index (χ0) is 75.2. The number of fused-ring (bicyclic) bond motifs is 10. The van der Waals surface area contributed by atoms with Crippen molar-refractivity contribution in [3.63, 3.8) is 0 Å². The first-order chi connectivity index (χ1) is 51.1. The van der Waals surface area contributed by atoms with E-state index in [4.69, 9.17) is 5.48 Å². The fourth-order valence-electron chi connectivity index (χ4n) is 14.0. The van der Waals surface area contributed by atoms with Crippen LogP contribution in [0, 0.1) is 0 Å². The summed E-state index contributed by atoms with van der Waals surface area (Å²) in [5.41, 5.74) is 15.6. The quantitative estimate of drug-likeness (QED) is 0.141. The van der Waals surface area contributed by atoms with Gasteiger partial charge in [0.15, 0.2) is 0 Å². The molecule has 5 heteroatoms. The molecule has 4 nitrogen and oxygen atoms in total. The van der Waals surface area contributed by atoms with Crippen LogP contribution in [0.1, 0.15) is 74.6 Å². The van der Waals surface area contributed by atoms with Crippen molar-refractivity contribution in [1.29, 1.82) is 0 Å². The number of rotatable bonds is 8. The van der Waals surface area contributed by atoms with Crippen molar-refractivity contribution in [3.05, 3.63) is 308 Å². The topological polar surface area (TPSA) is 16.3 Å². The molecule has 0 saturated heterocycles. The summed E-state index contributed by atoms with van der Waals surface area (Å²) in [4.78, 5) is 4.58. The molecule has 13 aromatic carbocycles. The fraction of sp³-hybridized carbons (Fsp3) is 0.0930. The molecule has 2 aliphatic heterocycles. The van der Waals surface area contributed by atoms with E-state index in [9.17, 15) is 16.4 Å². The number of benzene rings is 13. The third-order valence-electron chi connectivity index (χ3n) is 18.3. The van der Waals surface area contributed by atoms with Gasteiger partial charge in [-0.1, -0.05) is 254 Å². The maximum absolute atomic E-state index is 9.74. The van der Waals surface area contributed by atoms with Crippen molar-refractivity contribution >= 4 is 101 Å². The van der Waals surface area contributed by atoms with Crippen molar-refractivity contribution < 1.29 is 21.9 Å². The monoisotopic (exact) mass is 1180 g/mol. The first-order valence-electron chi connectivity index (χ1n) is 38.7. The average Bonchev–Trinajstić information content (AvgIpc) is 1.20. The first-order valence-corrected chi connectivity index (χ1v) is 30.7. The van der Waals surface area contributed by atoms with Crippen LogP contribution in [-0.4, -0.2) is 15.8 Å². The van der Waals surface area contributed by atoms with Crippen LogP contribution in [0.25, 0.3) is 99.5 Å². The Labute approximate surface area is 555 Å². The van der Waals surface area contributed by atoms with Gasteiger partial charge in [0.1, 0.15) is 0 Å². The largest absolute Gasteiger partial charge is 0.310 e. The Morgan fingerprint density at radius 1 is 0.308 bits per heavy atom. The molecule has 17 rings (SSSR count). The lowest BCUT2D eigenvalue weighted by atomic mass is 9.33. The summed E-state index contributed by atoms with van der Waals surface area (Å²) in [6.45, 7) is 12.4. The number of para-hydroxylation sites is 4. The molecule has 0 radical (unpaired) electrons. The van der Waals surface area contributed by atoms with Crippen LogP contribution in [0.2, 0.25) is 0 Å². The minimum Gasteiger partial charge on any atom is -0.310 e. The molecule has 0 aliphatic carbocycles. The molecule has 434 valence electrons. The van der Waals surface area contributed by atoms with Gasteiger partial charge in [0.05, 0.1) is 55.4 Å². The standard InChI is InChI=1S/C86H67BN4/c1-85(2,3)60-50-68(56-28-11-7-12-29-56)83(69(51-60)57-30-13-8-14-31-57)90-78-44-27-45-79-82(78)87(72-48-46-62(54-80(72)90)88-74-40-23-19-36-64(74)65-37-20-24-41-75(65)88)73-49-47-63(89-76-42-25-21-38-66(76)67-39-22-26-43-77(67)89)55-81(73)91(79)84-70(58-32-15-9-16-33-58)52-61(86(4,5)6)53-71(84)59-34-17-10-18-35-59/h7-55H,1-6H3/i19D,20D,21D,22D,23D,24D,25D,26D,36D,37D,38D,39D,40D,41D,42D,43D. The van der Waals surface area contributed by atoms with Gasteiger partial charge in [-0.15, -0.1) is 0 Å². The maximum atomic E-state index is 9.74. The molecular weight excluding hydrogens is 1100 g/mol. The Bertz CT molecular complexity index is 5710. The molecule has 0 spiro atoms. The second-order valence-corrected chi connectivity index (χ2v) is 25.7. The third kappa shape index (κ3) is 8.66. The molecule has 0 amide bonds. The summed E-state index contributed by atoms with van der Waals surface area (Å²) < 4.78 is 153. The number of hydrogen-bond acceptors (Lipinski definition) is 2. The Balaban J connectivity index is 1.08. The van der Waals surface area contributed by atoms with Crippen LogP contribution in [0.3, 0.4) is 0 Å². The zero-order valence-electron chi connectivity index (χ0n) is 66.9. The summed E-state index contributed by atoms with van der Waals surface area (Å²) in [5.74, 6) is 0. The van der Waals surface area contributed by atoms with E-state index in [2.05, 4.69) is 136 Å². The van der Waals surface area contributed by atoms with Gasteiger partial charge in [-0.3, -0.25) is 0 Å². The SMILES string of the molecule is [2H]c1c([2H])c([2H])c2c(c1[2H])c1c([2H])c([2H])c([2H])c([2H])c1n2-c1ccc2c(c1)N(c1c(-c3ccccc3)cc(C(C)(C)C)cc1-c1ccccc1)c1cccc3c1B2c1ccc(-n2c4c([2H])c([2H])c([2H])c([2H])c4c4c([2H])c([2H])c([2H])c([2H])c42)cc1N3c1c(-c2ccccc2)cc(C(C)(C)C)cc1-c1ccccc1. The highest BCUT2D eigenvalue weighted by Crippen LogP contribution is 2.55. The number of anilines is 6. The fourth-order valence-corrected chi connectivity index (χ4v) is 14.0. The smallest absolute Gasteiger partial charge is 0.252 e. The summed E-state index contributed by atoms with van der Waals surface area (Å²) in [5, 5.41) is -0.260. The Morgan fingerprint density at radius 3 is 0.901 bits per heavy atom.